The van der Waals surface area contributed by atoms with Crippen molar-refractivity contribution >= 4 is 107 Å². The van der Waals surface area contributed by atoms with Gasteiger partial charge < -0.3 is 66.0 Å². The summed E-state index contributed by atoms with van der Waals surface area (Å²) in [6.07, 6.45) is 16.3. The molecule has 8 heterocycles. The number of benzene rings is 8. The van der Waals surface area contributed by atoms with Crippen molar-refractivity contribution in [3.63, 3.8) is 0 Å². The third-order valence-electron chi connectivity index (χ3n) is 23.7. The second-order valence-corrected chi connectivity index (χ2v) is 34.8. The van der Waals surface area contributed by atoms with Crippen molar-refractivity contribution in [2.45, 2.75) is 150 Å². The fourth-order valence-electron chi connectivity index (χ4n) is 16.0. The van der Waals surface area contributed by atoms with E-state index in [1.165, 1.54) is 118 Å². The molecule has 16 heteroatoms. The molecule has 4 fully saturated rings. The summed E-state index contributed by atoms with van der Waals surface area (Å²) in [6, 6.07) is 58.5. The molecule has 0 unspecified atom stereocenters. The van der Waals surface area contributed by atoms with E-state index in [1.54, 1.807) is 0 Å². The summed E-state index contributed by atoms with van der Waals surface area (Å²) < 4.78 is 80.2. The Kier molecular flexibility index (Phi) is 27.4. The number of rotatable bonds is 45. The van der Waals surface area contributed by atoms with Gasteiger partial charge in [-0.3, -0.25) is 0 Å². The molecule has 16 rings (SSSR count). The average molecular weight is 1540 g/mol. The van der Waals surface area contributed by atoms with Crippen LogP contribution in [0, 0.1) is 21.7 Å². The SMILES string of the molecule is CCC1(COCCCCCOCc2ccc3c(c2)c2cc4sc5ccc(COCCCCCOCC6(C)COC6)cc5c4cc2n3-c2ccccc2)COC1.CCC1(COCCCCCOCc2ccc3sc4cc5c(cc4c3c2)c2cc(COCCCCCOCC3(CC)COC3)ccc2n5-c2ccccc2)COC1. The zero-order valence-electron chi connectivity index (χ0n) is 66.2. The molecule has 590 valence electrons. The predicted molar refractivity (Wildman–Crippen MR) is 454 cm³/mol. The van der Waals surface area contributed by atoms with Gasteiger partial charge in [-0.1, -0.05) is 88.4 Å². The summed E-state index contributed by atoms with van der Waals surface area (Å²) in [5.41, 5.74) is 13.1. The molecule has 111 heavy (non-hydrogen) atoms. The number of para-hydroxylation sites is 2. The van der Waals surface area contributed by atoms with Crippen molar-refractivity contribution in [1.29, 1.82) is 0 Å². The van der Waals surface area contributed by atoms with Gasteiger partial charge in [0.05, 0.1) is 128 Å². The minimum atomic E-state index is 0.227. The Morgan fingerprint density at radius 1 is 0.288 bits per heavy atom. The molecule has 0 spiro atoms. The van der Waals surface area contributed by atoms with Crippen molar-refractivity contribution in [3.8, 4) is 11.4 Å². The highest BCUT2D eigenvalue weighted by Crippen LogP contribution is 2.45. The first-order chi connectivity index (χ1) is 54.6. The van der Waals surface area contributed by atoms with Crippen LogP contribution in [0.4, 0.5) is 0 Å². The summed E-state index contributed by atoms with van der Waals surface area (Å²) in [6.45, 7) is 27.7. The van der Waals surface area contributed by atoms with Crippen LogP contribution in [0.3, 0.4) is 0 Å². The van der Waals surface area contributed by atoms with Gasteiger partial charge >= 0.3 is 0 Å². The van der Waals surface area contributed by atoms with Crippen molar-refractivity contribution in [1.82, 2.24) is 9.13 Å². The molecule has 0 atom stereocenters. The minimum absolute atomic E-state index is 0.227. The molecule has 0 aliphatic carbocycles. The first-order valence-corrected chi connectivity index (χ1v) is 43.1. The predicted octanol–water partition coefficient (Wildman–Crippen LogP) is 22.4. The molecule has 12 aromatic rings. The van der Waals surface area contributed by atoms with Crippen molar-refractivity contribution in [2.24, 2.45) is 21.7 Å². The lowest BCUT2D eigenvalue weighted by molar-refractivity contribution is -0.150. The maximum atomic E-state index is 6.21. The molecule has 0 bridgehead atoms. The first-order valence-electron chi connectivity index (χ1n) is 41.5. The van der Waals surface area contributed by atoms with Crippen LogP contribution in [0.2, 0.25) is 0 Å². The number of fused-ring (bicyclic) bond motifs is 12. The number of hydrogen-bond acceptors (Lipinski definition) is 14. The lowest BCUT2D eigenvalue weighted by atomic mass is 9.84. The van der Waals surface area contributed by atoms with Crippen molar-refractivity contribution in [3.05, 3.63) is 180 Å². The molecule has 4 aromatic heterocycles. The summed E-state index contributed by atoms with van der Waals surface area (Å²) in [7, 11) is 0. The van der Waals surface area contributed by atoms with Gasteiger partial charge in [-0.2, -0.15) is 0 Å². The van der Waals surface area contributed by atoms with Crippen LogP contribution in [0.5, 0.6) is 0 Å². The highest BCUT2D eigenvalue weighted by atomic mass is 32.1. The van der Waals surface area contributed by atoms with E-state index < -0.39 is 0 Å². The quantitative estimate of drug-likeness (QED) is 0.0338. The second kappa shape index (κ2) is 38.2. The van der Waals surface area contributed by atoms with Gasteiger partial charge in [0, 0.05) is 148 Å². The monoisotopic (exact) mass is 1540 g/mol. The molecule has 4 saturated heterocycles. The maximum Gasteiger partial charge on any atom is 0.0717 e. The Balaban J connectivity index is 0.000000176. The van der Waals surface area contributed by atoms with Gasteiger partial charge in [0.2, 0.25) is 0 Å². The van der Waals surface area contributed by atoms with Crippen LogP contribution >= 0.6 is 22.7 Å². The van der Waals surface area contributed by atoms with E-state index in [9.17, 15) is 0 Å². The van der Waals surface area contributed by atoms with E-state index in [0.29, 0.717) is 26.4 Å². The molecule has 8 aromatic carbocycles. The average Bonchev–Trinajstić information content (AvgIpc) is 1.57. The topological polar surface area (TPSA) is 121 Å². The van der Waals surface area contributed by atoms with Gasteiger partial charge in [-0.15, -0.1) is 22.7 Å². The molecule has 4 aliphatic heterocycles. The van der Waals surface area contributed by atoms with Crippen molar-refractivity contribution < 1.29 is 56.8 Å². The van der Waals surface area contributed by atoms with E-state index in [4.69, 9.17) is 56.8 Å². The van der Waals surface area contributed by atoms with Crippen LogP contribution in [-0.4, -0.2) is 141 Å². The Hall–Kier alpha value is -6.68. The van der Waals surface area contributed by atoms with Gasteiger partial charge in [0.1, 0.15) is 0 Å². The molecular weight excluding hydrogens is 1430 g/mol. The second-order valence-electron chi connectivity index (χ2n) is 32.6. The summed E-state index contributed by atoms with van der Waals surface area (Å²) in [5.74, 6) is 0. The number of ether oxygens (including phenoxy) is 12. The molecule has 0 saturated carbocycles. The summed E-state index contributed by atoms with van der Waals surface area (Å²) in [5, 5.41) is 10.3. The third kappa shape index (κ3) is 19.3. The number of unbranched alkanes of at least 4 members (excludes halogenated alkanes) is 8. The fourth-order valence-corrected chi connectivity index (χ4v) is 18.2. The Bertz CT molecular complexity index is 4950. The minimum Gasteiger partial charge on any atom is -0.381 e. The third-order valence-corrected chi connectivity index (χ3v) is 25.9. The molecular formula is C95H116N2O12S2. The van der Waals surface area contributed by atoms with Gasteiger partial charge in [0.15, 0.2) is 0 Å². The standard InChI is InChI=1S/C48H59NO6S.C47H57NO6S/c1-3-47(32-54-33-47)30-52-22-12-6-10-20-50-28-36-16-18-43-39(24-36)40-26-42-41-25-37(29-51-21-11-7-13-23-53-31-48(4-2)34-55-35-48)17-19-45(41)56-46(42)27-44(40)49(43)38-14-8-5-9-15-38;1-3-47(33-54-34-47)32-52-22-12-6-10-19-49-27-35-15-17-42-38(23-35)39-26-45-41(25-43(39)48(42)37-13-7-4-8-14-37)40-24-36(16-18-44(40)55-45)28-50-20-9-5-11-21-51-29-46(2)30-53-31-46/h5,8-9,14-19,24-27H,3-4,6-7,10-13,20-23,28-35H2,1-2H3;4,7-8,13-18,23-26H,3,5-6,9-12,19-22,27-34H2,1-2H3. The Morgan fingerprint density at radius 3 is 0.973 bits per heavy atom. The van der Waals surface area contributed by atoms with Gasteiger partial charge in [-0.05, 0) is 216 Å². The van der Waals surface area contributed by atoms with E-state index in [1.807, 2.05) is 22.7 Å². The molecule has 14 nitrogen and oxygen atoms in total. The molecule has 0 amide bonds. The highest BCUT2D eigenvalue weighted by molar-refractivity contribution is 7.26. The number of nitrogens with zero attached hydrogens (tertiary/aromatic N) is 2. The normalized spacial score (nSPS) is 16.3. The smallest absolute Gasteiger partial charge is 0.0717 e. The van der Waals surface area contributed by atoms with Crippen LogP contribution in [-0.2, 0) is 83.3 Å². The summed E-state index contributed by atoms with van der Waals surface area (Å²) in [4.78, 5) is 0. The highest BCUT2D eigenvalue weighted by Gasteiger charge is 2.39. The Labute approximate surface area is 664 Å². The Morgan fingerprint density at radius 2 is 0.604 bits per heavy atom. The molecule has 0 radical (unpaired) electrons. The zero-order chi connectivity index (χ0) is 75.7. The van der Waals surface area contributed by atoms with E-state index in [0.717, 1.165) is 228 Å². The first kappa shape index (κ1) is 79.5. The lowest BCUT2D eigenvalue weighted by Gasteiger charge is -2.40. The number of aromatic nitrogens is 2. The van der Waals surface area contributed by atoms with Crippen LogP contribution < -0.4 is 0 Å². The van der Waals surface area contributed by atoms with Gasteiger partial charge in [-0.25, -0.2) is 0 Å². The zero-order valence-corrected chi connectivity index (χ0v) is 67.8. The largest absolute Gasteiger partial charge is 0.381 e. The van der Waals surface area contributed by atoms with Gasteiger partial charge in [0.25, 0.3) is 0 Å². The fraction of sp³-hybridized carbons (Fsp3) is 0.495. The number of hydrogen-bond donors (Lipinski definition) is 0. The van der Waals surface area contributed by atoms with Crippen LogP contribution in [0.1, 0.15) is 146 Å². The van der Waals surface area contributed by atoms with Crippen LogP contribution in [0.25, 0.3) is 95.3 Å². The van der Waals surface area contributed by atoms with Crippen molar-refractivity contribution in [2.75, 3.05) is 132 Å². The number of thiophene rings is 2. The molecule has 4 aliphatic rings. The summed E-state index contributed by atoms with van der Waals surface area (Å²) >= 11 is 3.75. The maximum absolute atomic E-state index is 6.21. The van der Waals surface area contributed by atoms with Crippen LogP contribution in [0.15, 0.2) is 158 Å². The van der Waals surface area contributed by atoms with E-state index in [2.05, 4.69) is 195 Å². The lowest BCUT2D eigenvalue weighted by Crippen LogP contribution is -2.45. The van der Waals surface area contributed by atoms with E-state index >= 15 is 0 Å². The van der Waals surface area contributed by atoms with E-state index in [-0.39, 0.29) is 21.7 Å². The molecule has 0 N–H and O–H groups in total.